The van der Waals surface area contributed by atoms with Crippen molar-refractivity contribution in [2.24, 2.45) is 5.92 Å². The van der Waals surface area contributed by atoms with Crippen molar-refractivity contribution in [3.63, 3.8) is 0 Å². The molecule has 1 saturated heterocycles. The van der Waals surface area contributed by atoms with Crippen molar-refractivity contribution in [3.8, 4) is 11.4 Å². The lowest BCUT2D eigenvalue weighted by atomic mass is 9.95. The van der Waals surface area contributed by atoms with E-state index in [0.717, 1.165) is 48.9 Å². The maximum Gasteiger partial charge on any atom is 0.233 e. The minimum Gasteiger partial charge on any atom is -0.342 e. The number of hydrogen-bond acceptors (Lipinski definition) is 5. The second kappa shape index (κ2) is 9.07. The molecule has 2 aromatic rings. The van der Waals surface area contributed by atoms with E-state index in [9.17, 15) is 4.79 Å². The number of thioether (sulfide) groups is 1. The van der Waals surface area contributed by atoms with Crippen molar-refractivity contribution in [1.29, 1.82) is 0 Å². The summed E-state index contributed by atoms with van der Waals surface area (Å²) in [5, 5.41) is 9.86. The molecule has 1 saturated carbocycles. The summed E-state index contributed by atoms with van der Waals surface area (Å²) in [5.41, 5.74) is 1.04. The molecule has 2 aliphatic rings. The fourth-order valence-electron chi connectivity index (χ4n) is 4.38. The number of piperidine rings is 1. The largest absolute Gasteiger partial charge is 0.342 e. The maximum atomic E-state index is 12.7. The zero-order chi connectivity index (χ0) is 19.3. The predicted octanol–water partition coefficient (Wildman–Crippen LogP) is 4.20. The number of pyridine rings is 1. The summed E-state index contributed by atoms with van der Waals surface area (Å²) in [5.74, 6) is 2.16. The zero-order valence-corrected chi connectivity index (χ0v) is 17.4. The number of nitrogens with zero attached hydrogens (tertiary/aromatic N) is 5. The first-order valence-electron chi connectivity index (χ1n) is 10.5. The molecule has 4 rings (SSSR count). The van der Waals surface area contributed by atoms with Crippen LogP contribution in [0.3, 0.4) is 0 Å². The van der Waals surface area contributed by atoms with Gasteiger partial charge in [-0.25, -0.2) is 0 Å². The molecule has 1 aliphatic heterocycles. The summed E-state index contributed by atoms with van der Waals surface area (Å²) in [6, 6.07) is 4.38. The molecule has 1 atom stereocenters. The Bertz CT molecular complexity index is 787. The highest BCUT2D eigenvalue weighted by atomic mass is 32.2. The minimum atomic E-state index is 0.222. The molecule has 0 N–H and O–H groups in total. The van der Waals surface area contributed by atoms with Crippen molar-refractivity contribution in [2.45, 2.75) is 63.1 Å². The highest BCUT2D eigenvalue weighted by molar-refractivity contribution is 7.99. The number of likely N-dealkylation sites (tertiary alicyclic amines) is 1. The Balaban J connectivity index is 1.53. The smallest absolute Gasteiger partial charge is 0.233 e. The van der Waals surface area contributed by atoms with Gasteiger partial charge in [-0.1, -0.05) is 37.9 Å². The molecule has 2 fully saturated rings. The summed E-state index contributed by atoms with van der Waals surface area (Å²) in [6.45, 7) is 4.01. The van der Waals surface area contributed by atoms with Crippen LogP contribution in [0.1, 0.15) is 57.9 Å². The molecule has 6 nitrogen and oxygen atoms in total. The maximum absolute atomic E-state index is 12.7. The van der Waals surface area contributed by atoms with Crippen LogP contribution in [0.2, 0.25) is 0 Å². The van der Waals surface area contributed by atoms with E-state index in [2.05, 4.69) is 26.7 Å². The van der Waals surface area contributed by atoms with Gasteiger partial charge in [-0.05, 0) is 43.7 Å². The molecule has 0 spiro atoms. The number of hydrogen-bond donors (Lipinski definition) is 0. The van der Waals surface area contributed by atoms with Gasteiger partial charge in [-0.2, -0.15) is 0 Å². The van der Waals surface area contributed by atoms with E-state index in [0.29, 0.717) is 17.7 Å². The third-order valence-corrected chi connectivity index (χ3v) is 6.81. The predicted molar refractivity (Wildman–Crippen MR) is 111 cm³/mol. The highest BCUT2D eigenvalue weighted by Gasteiger charge is 2.26. The van der Waals surface area contributed by atoms with E-state index in [-0.39, 0.29) is 5.91 Å². The Kier molecular flexibility index (Phi) is 6.29. The first-order valence-corrected chi connectivity index (χ1v) is 11.5. The third-order valence-electron chi connectivity index (χ3n) is 5.88. The lowest BCUT2D eigenvalue weighted by molar-refractivity contribution is -0.130. The molecule has 3 heterocycles. The normalized spacial score (nSPS) is 21.0. The molecule has 1 amide bonds. The molecule has 1 unspecified atom stereocenters. The monoisotopic (exact) mass is 399 g/mol. The van der Waals surface area contributed by atoms with E-state index in [1.54, 1.807) is 24.2 Å². The summed E-state index contributed by atoms with van der Waals surface area (Å²) >= 11 is 1.54. The van der Waals surface area contributed by atoms with Crippen LogP contribution in [-0.4, -0.2) is 49.4 Å². The Morgan fingerprint density at radius 3 is 2.64 bits per heavy atom. The second-order valence-electron chi connectivity index (χ2n) is 8.08. The summed E-state index contributed by atoms with van der Waals surface area (Å²) in [4.78, 5) is 18.9. The van der Waals surface area contributed by atoms with Gasteiger partial charge in [0.15, 0.2) is 11.0 Å². The van der Waals surface area contributed by atoms with E-state index in [1.807, 2.05) is 17.0 Å². The first kappa shape index (κ1) is 19.4. The van der Waals surface area contributed by atoms with Crippen molar-refractivity contribution in [1.82, 2.24) is 24.6 Å². The van der Waals surface area contributed by atoms with Crippen LogP contribution < -0.4 is 0 Å². The number of rotatable bonds is 5. The Morgan fingerprint density at radius 2 is 1.89 bits per heavy atom. The van der Waals surface area contributed by atoms with Crippen molar-refractivity contribution >= 4 is 17.7 Å². The van der Waals surface area contributed by atoms with Crippen LogP contribution >= 0.6 is 11.8 Å². The van der Waals surface area contributed by atoms with Gasteiger partial charge in [0.05, 0.1) is 5.75 Å². The molecular formula is C21H29N5OS. The van der Waals surface area contributed by atoms with E-state index < -0.39 is 0 Å². The molecule has 0 radical (unpaired) electrons. The highest BCUT2D eigenvalue weighted by Crippen LogP contribution is 2.35. The van der Waals surface area contributed by atoms with Crippen LogP contribution in [0.15, 0.2) is 29.7 Å². The second-order valence-corrected chi connectivity index (χ2v) is 9.02. The Hall–Kier alpha value is -1.89. The lowest BCUT2D eigenvalue weighted by Crippen LogP contribution is -2.40. The van der Waals surface area contributed by atoms with Gasteiger partial charge in [-0.3, -0.25) is 14.3 Å². The average Bonchev–Trinajstić information content (AvgIpc) is 3.17. The number of carbonyl (C=O) groups is 1. The standard InChI is InChI=1S/C21H29N5OS/c1-16-6-5-13-25(14-16)19(27)15-28-21-24-23-20(17-9-11-22-12-10-17)26(21)18-7-3-2-4-8-18/h9-12,16,18H,2-8,13-15H2,1H3. The molecule has 2 aromatic heterocycles. The van der Waals surface area contributed by atoms with Crippen LogP contribution in [0.25, 0.3) is 11.4 Å². The molecule has 7 heteroatoms. The van der Waals surface area contributed by atoms with Crippen molar-refractivity contribution in [2.75, 3.05) is 18.8 Å². The average molecular weight is 400 g/mol. The van der Waals surface area contributed by atoms with Gasteiger partial charge < -0.3 is 4.90 Å². The molecule has 0 bridgehead atoms. The van der Waals surface area contributed by atoms with Gasteiger partial charge in [0.25, 0.3) is 0 Å². The van der Waals surface area contributed by atoms with Crippen LogP contribution in [0, 0.1) is 5.92 Å². The van der Waals surface area contributed by atoms with Crippen LogP contribution in [-0.2, 0) is 4.79 Å². The van der Waals surface area contributed by atoms with Gasteiger partial charge in [0.1, 0.15) is 0 Å². The van der Waals surface area contributed by atoms with E-state index in [4.69, 9.17) is 0 Å². The number of amides is 1. The van der Waals surface area contributed by atoms with Gasteiger partial charge in [-0.15, -0.1) is 10.2 Å². The minimum absolute atomic E-state index is 0.222. The van der Waals surface area contributed by atoms with Crippen molar-refractivity contribution < 1.29 is 4.79 Å². The van der Waals surface area contributed by atoms with Gasteiger partial charge >= 0.3 is 0 Å². The van der Waals surface area contributed by atoms with E-state index in [1.165, 1.54) is 25.7 Å². The molecular weight excluding hydrogens is 370 g/mol. The first-order chi connectivity index (χ1) is 13.7. The molecule has 1 aliphatic carbocycles. The fraction of sp³-hybridized carbons (Fsp3) is 0.619. The zero-order valence-electron chi connectivity index (χ0n) is 16.6. The van der Waals surface area contributed by atoms with Crippen molar-refractivity contribution in [3.05, 3.63) is 24.5 Å². The number of carbonyl (C=O) groups excluding carboxylic acids is 1. The topological polar surface area (TPSA) is 63.9 Å². The van der Waals surface area contributed by atoms with E-state index >= 15 is 0 Å². The summed E-state index contributed by atoms with van der Waals surface area (Å²) < 4.78 is 2.28. The van der Waals surface area contributed by atoms with Crippen LogP contribution in [0.4, 0.5) is 0 Å². The molecule has 150 valence electrons. The SMILES string of the molecule is CC1CCCN(C(=O)CSc2nnc(-c3ccncc3)n2C2CCCCC2)C1. The fourth-order valence-corrected chi connectivity index (χ4v) is 5.28. The Labute approximate surface area is 171 Å². The summed E-state index contributed by atoms with van der Waals surface area (Å²) in [7, 11) is 0. The van der Waals surface area contributed by atoms with Crippen LogP contribution in [0.5, 0.6) is 0 Å². The Morgan fingerprint density at radius 1 is 1.11 bits per heavy atom. The lowest BCUT2D eigenvalue weighted by Gasteiger charge is -2.31. The summed E-state index contributed by atoms with van der Waals surface area (Å²) in [6.07, 6.45) is 12.0. The quantitative estimate of drug-likeness (QED) is 0.705. The van der Waals surface area contributed by atoms with Gasteiger partial charge in [0.2, 0.25) is 5.91 Å². The number of aromatic nitrogens is 4. The molecule has 0 aromatic carbocycles. The molecule has 28 heavy (non-hydrogen) atoms. The van der Waals surface area contributed by atoms with Gasteiger partial charge in [0, 0.05) is 37.1 Å². The third kappa shape index (κ3) is 4.40.